The summed E-state index contributed by atoms with van der Waals surface area (Å²) in [6.45, 7) is 1.05. The lowest BCUT2D eigenvalue weighted by Crippen LogP contribution is -2.31. The molecule has 3 rings (SSSR count). The van der Waals surface area contributed by atoms with Crippen molar-refractivity contribution in [3.8, 4) is 5.75 Å². The minimum atomic E-state index is -0.665. The number of esters is 1. The molecule has 0 fully saturated rings. The normalized spacial score (nSPS) is 11.8. The van der Waals surface area contributed by atoms with E-state index in [1.165, 1.54) is 0 Å². The predicted octanol–water partition coefficient (Wildman–Crippen LogP) is 3.89. The first-order valence-electron chi connectivity index (χ1n) is 8.33. The van der Waals surface area contributed by atoms with E-state index in [0.717, 1.165) is 11.0 Å². The van der Waals surface area contributed by atoms with E-state index in [1.807, 2.05) is 30.3 Å². The maximum atomic E-state index is 12.0. The molecular formula is C20H18ClNO5. The quantitative estimate of drug-likeness (QED) is 0.622. The second-order valence-corrected chi connectivity index (χ2v) is 6.26. The van der Waals surface area contributed by atoms with Crippen molar-refractivity contribution < 1.29 is 23.5 Å². The number of para-hydroxylation sites is 2. The summed E-state index contributed by atoms with van der Waals surface area (Å²) in [5.74, 6) is -0.104. The summed E-state index contributed by atoms with van der Waals surface area (Å²) in [5, 5.41) is 4.07. The van der Waals surface area contributed by atoms with E-state index in [0.29, 0.717) is 16.5 Å². The molecular weight excluding hydrogens is 370 g/mol. The zero-order valence-corrected chi connectivity index (χ0v) is 15.4. The van der Waals surface area contributed by atoms with Gasteiger partial charge in [-0.25, -0.2) is 4.79 Å². The van der Waals surface area contributed by atoms with Crippen LogP contribution in [0.4, 0.5) is 0 Å². The first-order chi connectivity index (χ1) is 13.0. The van der Waals surface area contributed by atoms with E-state index in [1.54, 1.807) is 31.2 Å². The number of hydrogen-bond acceptors (Lipinski definition) is 5. The number of hydrogen-bond donors (Lipinski definition) is 1. The molecule has 0 saturated heterocycles. The van der Waals surface area contributed by atoms with Gasteiger partial charge in [-0.1, -0.05) is 41.9 Å². The first-order valence-corrected chi connectivity index (χ1v) is 8.71. The van der Waals surface area contributed by atoms with Crippen LogP contribution in [0.2, 0.25) is 5.02 Å². The van der Waals surface area contributed by atoms with Crippen LogP contribution in [0.3, 0.4) is 0 Å². The number of halogens is 1. The molecule has 1 N–H and O–H groups in total. The van der Waals surface area contributed by atoms with Crippen molar-refractivity contribution in [2.75, 3.05) is 13.2 Å². The molecule has 6 nitrogen and oxygen atoms in total. The van der Waals surface area contributed by atoms with E-state index < -0.39 is 18.5 Å². The highest BCUT2D eigenvalue weighted by molar-refractivity contribution is 6.32. The van der Waals surface area contributed by atoms with Crippen LogP contribution in [0.1, 0.15) is 18.7 Å². The molecule has 3 aromatic rings. The average molecular weight is 388 g/mol. The summed E-state index contributed by atoms with van der Waals surface area (Å²) in [4.78, 5) is 23.7. The number of nitrogens with one attached hydrogen (secondary N) is 1. The highest BCUT2D eigenvalue weighted by Gasteiger charge is 2.16. The maximum Gasteiger partial charge on any atom is 0.344 e. The summed E-state index contributed by atoms with van der Waals surface area (Å²) >= 11 is 5.93. The Morgan fingerprint density at radius 2 is 1.85 bits per heavy atom. The summed E-state index contributed by atoms with van der Waals surface area (Å²) in [6, 6.07) is 15.9. The minimum absolute atomic E-state index is 0.337. The van der Waals surface area contributed by atoms with Crippen LogP contribution in [0.25, 0.3) is 11.0 Å². The van der Waals surface area contributed by atoms with E-state index in [-0.39, 0.29) is 12.6 Å². The Labute approximate surface area is 161 Å². The lowest BCUT2D eigenvalue weighted by Gasteiger charge is -2.12. The highest BCUT2D eigenvalue weighted by atomic mass is 35.5. The number of furan rings is 1. The van der Waals surface area contributed by atoms with Gasteiger partial charge in [0.05, 0.1) is 11.1 Å². The van der Waals surface area contributed by atoms with Crippen LogP contribution in [0, 0.1) is 0 Å². The number of fused-ring (bicyclic) bond motifs is 1. The Bertz CT molecular complexity index is 919. The molecule has 0 aliphatic heterocycles. The Kier molecular flexibility index (Phi) is 5.98. The van der Waals surface area contributed by atoms with Crippen LogP contribution < -0.4 is 10.1 Å². The molecule has 0 bridgehead atoms. The van der Waals surface area contributed by atoms with Gasteiger partial charge >= 0.3 is 5.97 Å². The van der Waals surface area contributed by atoms with Crippen LogP contribution in [0.5, 0.6) is 5.75 Å². The van der Waals surface area contributed by atoms with Gasteiger partial charge in [0.25, 0.3) is 5.91 Å². The van der Waals surface area contributed by atoms with Gasteiger partial charge in [-0.15, -0.1) is 0 Å². The number of ether oxygens (including phenoxy) is 2. The molecule has 0 saturated carbocycles. The van der Waals surface area contributed by atoms with Gasteiger partial charge in [0, 0.05) is 5.39 Å². The lowest BCUT2D eigenvalue weighted by atomic mass is 10.2. The maximum absolute atomic E-state index is 12.0. The van der Waals surface area contributed by atoms with Gasteiger partial charge in [0.2, 0.25) is 0 Å². The molecule has 1 atom stereocenters. The Morgan fingerprint density at radius 1 is 1.11 bits per heavy atom. The minimum Gasteiger partial charge on any atom is -0.480 e. The van der Waals surface area contributed by atoms with Crippen molar-refractivity contribution in [2.24, 2.45) is 0 Å². The number of amides is 1. The fourth-order valence-electron chi connectivity index (χ4n) is 2.46. The van der Waals surface area contributed by atoms with Crippen LogP contribution in [0.15, 0.2) is 59.0 Å². The van der Waals surface area contributed by atoms with Crippen molar-refractivity contribution in [1.82, 2.24) is 5.32 Å². The smallest absolute Gasteiger partial charge is 0.344 e. The third kappa shape index (κ3) is 5.01. The number of carbonyl (C=O) groups excluding carboxylic acids is 2. The molecule has 140 valence electrons. The molecule has 1 aromatic heterocycles. The molecule has 0 aliphatic carbocycles. The standard InChI is InChI=1S/C20H18ClNO5/c1-13(18-10-14-6-2-4-8-16(14)27-18)22-19(23)11-26-20(24)12-25-17-9-5-3-7-15(17)21/h2-10,13H,11-12H2,1H3,(H,22,23)/t13-/m1/s1. The van der Waals surface area contributed by atoms with E-state index in [2.05, 4.69) is 5.32 Å². The molecule has 0 radical (unpaired) electrons. The molecule has 7 heteroatoms. The monoisotopic (exact) mass is 387 g/mol. The van der Waals surface area contributed by atoms with Crippen molar-refractivity contribution in [2.45, 2.75) is 13.0 Å². The Hall–Kier alpha value is -2.99. The van der Waals surface area contributed by atoms with E-state index >= 15 is 0 Å². The largest absolute Gasteiger partial charge is 0.480 e. The predicted molar refractivity (Wildman–Crippen MR) is 101 cm³/mol. The fourth-order valence-corrected chi connectivity index (χ4v) is 2.65. The second kappa shape index (κ2) is 8.60. The van der Waals surface area contributed by atoms with Gasteiger partial charge in [-0.2, -0.15) is 0 Å². The summed E-state index contributed by atoms with van der Waals surface area (Å²) < 4.78 is 15.9. The SMILES string of the molecule is C[C@@H](NC(=O)COC(=O)COc1ccccc1Cl)c1cc2ccccc2o1. The Balaban J connectivity index is 1.44. The fraction of sp³-hybridized carbons (Fsp3) is 0.200. The molecule has 0 unspecified atom stereocenters. The highest BCUT2D eigenvalue weighted by Crippen LogP contribution is 2.24. The van der Waals surface area contributed by atoms with Gasteiger partial charge in [-0.3, -0.25) is 4.79 Å². The van der Waals surface area contributed by atoms with E-state index in [9.17, 15) is 9.59 Å². The number of benzene rings is 2. The molecule has 0 aliphatic rings. The van der Waals surface area contributed by atoms with Crippen LogP contribution in [-0.2, 0) is 14.3 Å². The molecule has 1 heterocycles. The molecule has 2 aromatic carbocycles. The van der Waals surface area contributed by atoms with Crippen molar-refractivity contribution in [1.29, 1.82) is 0 Å². The van der Waals surface area contributed by atoms with Crippen LogP contribution in [-0.4, -0.2) is 25.1 Å². The summed E-state index contributed by atoms with van der Waals surface area (Å²) in [5.41, 5.74) is 0.747. The second-order valence-electron chi connectivity index (χ2n) is 5.86. The lowest BCUT2D eigenvalue weighted by molar-refractivity contribution is -0.150. The van der Waals surface area contributed by atoms with Crippen molar-refractivity contribution in [3.63, 3.8) is 0 Å². The Morgan fingerprint density at radius 3 is 2.63 bits per heavy atom. The third-order valence-electron chi connectivity index (χ3n) is 3.80. The average Bonchev–Trinajstić information content (AvgIpc) is 3.10. The third-order valence-corrected chi connectivity index (χ3v) is 4.11. The zero-order valence-electron chi connectivity index (χ0n) is 14.6. The number of carbonyl (C=O) groups is 2. The van der Waals surface area contributed by atoms with Gasteiger partial charge in [0.1, 0.15) is 17.1 Å². The van der Waals surface area contributed by atoms with E-state index in [4.69, 9.17) is 25.5 Å². The first kappa shape index (κ1) is 18.8. The summed E-state index contributed by atoms with van der Waals surface area (Å²) in [6.07, 6.45) is 0. The topological polar surface area (TPSA) is 77.8 Å². The number of rotatable bonds is 7. The van der Waals surface area contributed by atoms with Crippen molar-refractivity contribution in [3.05, 3.63) is 65.4 Å². The molecule has 27 heavy (non-hydrogen) atoms. The van der Waals surface area contributed by atoms with Gasteiger partial charge < -0.3 is 19.2 Å². The molecule has 1 amide bonds. The summed E-state index contributed by atoms with van der Waals surface area (Å²) in [7, 11) is 0. The van der Waals surface area contributed by atoms with Crippen molar-refractivity contribution >= 4 is 34.4 Å². The van der Waals surface area contributed by atoms with Gasteiger partial charge in [0.15, 0.2) is 13.2 Å². The zero-order chi connectivity index (χ0) is 19.2. The van der Waals surface area contributed by atoms with Crippen LogP contribution >= 0.6 is 11.6 Å². The molecule has 0 spiro atoms. The van der Waals surface area contributed by atoms with Gasteiger partial charge in [-0.05, 0) is 31.2 Å².